The number of hydrogen-bond acceptors (Lipinski definition) is 3. The number of methoxy groups -OCH3 is 1. The highest BCUT2D eigenvalue weighted by molar-refractivity contribution is 5.87. The van der Waals surface area contributed by atoms with Gasteiger partial charge < -0.3 is 9.53 Å². The van der Waals surface area contributed by atoms with Gasteiger partial charge in [-0.15, -0.1) is 0 Å². The molecule has 1 atom stereocenters. The van der Waals surface area contributed by atoms with Crippen LogP contribution in [0, 0.1) is 0 Å². The maximum absolute atomic E-state index is 11.4. The van der Waals surface area contributed by atoms with Gasteiger partial charge in [-0.2, -0.15) is 0 Å². The second-order valence-electron chi connectivity index (χ2n) is 5.99. The molecule has 0 N–H and O–H groups in total. The van der Waals surface area contributed by atoms with Gasteiger partial charge >= 0.3 is 0 Å². The SMILES string of the molecule is COc1ccc2c(c1)C(CC=C(C)C)(CCC(C)=O)C=N2. The second-order valence-corrected chi connectivity index (χ2v) is 5.99. The summed E-state index contributed by atoms with van der Waals surface area (Å²) in [6.07, 6.45) is 6.46. The van der Waals surface area contributed by atoms with Crippen molar-refractivity contribution in [3.8, 4) is 5.75 Å². The van der Waals surface area contributed by atoms with Crippen molar-refractivity contribution < 1.29 is 9.53 Å². The fourth-order valence-electron chi connectivity index (χ4n) is 2.67. The van der Waals surface area contributed by atoms with E-state index in [0.717, 1.165) is 24.3 Å². The van der Waals surface area contributed by atoms with Crippen LogP contribution in [0.1, 0.15) is 45.6 Å². The zero-order valence-electron chi connectivity index (χ0n) is 13.3. The third-order valence-corrected chi connectivity index (χ3v) is 3.99. The maximum atomic E-state index is 11.4. The van der Waals surface area contributed by atoms with Crippen LogP contribution in [0.4, 0.5) is 5.69 Å². The van der Waals surface area contributed by atoms with Crippen molar-refractivity contribution in [2.75, 3.05) is 7.11 Å². The Morgan fingerprint density at radius 2 is 2.10 bits per heavy atom. The second kappa shape index (κ2) is 6.25. The summed E-state index contributed by atoms with van der Waals surface area (Å²) in [4.78, 5) is 16.0. The van der Waals surface area contributed by atoms with E-state index in [9.17, 15) is 4.79 Å². The summed E-state index contributed by atoms with van der Waals surface area (Å²) in [6, 6.07) is 5.97. The first-order valence-electron chi connectivity index (χ1n) is 7.33. The van der Waals surface area contributed by atoms with E-state index in [1.807, 2.05) is 18.3 Å². The Morgan fingerprint density at radius 1 is 1.33 bits per heavy atom. The lowest BCUT2D eigenvalue weighted by atomic mass is 9.75. The number of benzene rings is 1. The van der Waals surface area contributed by atoms with Crippen molar-refractivity contribution in [2.24, 2.45) is 4.99 Å². The van der Waals surface area contributed by atoms with Gasteiger partial charge in [0.15, 0.2) is 0 Å². The van der Waals surface area contributed by atoms with Crippen LogP contribution in [0.2, 0.25) is 0 Å². The molecule has 1 heterocycles. The molecule has 1 aromatic rings. The van der Waals surface area contributed by atoms with E-state index in [1.165, 1.54) is 11.1 Å². The average molecular weight is 285 g/mol. The molecule has 1 aliphatic heterocycles. The number of fused-ring (bicyclic) bond motifs is 1. The third kappa shape index (κ3) is 3.41. The Hall–Kier alpha value is -1.90. The highest BCUT2D eigenvalue weighted by Gasteiger charge is 2.35. The Morgan fingerprint density at radius 3 is 2.71 bits per heavy atom. The molecule has 0 amide bonds. The molecule has 1 aliphatic rings. The van der Waals surface area contributed by atoms with Crippen molar-refractivity contribution in [3.05, 3.63) is 35.4 Å². The van der Waals surface area contributed by atoms with Gasteiger partial charge in [0.1, 0.15) is 11.5 Å². The van der Waals surface area contributed by atoms with E-state index >= 15 is 0 Å². The van der Waals surface area contributed by atoms with E-state index in [1.54, 1.807) is 14.0 Å². The summed E-state index contributed by atoms with van der Waals surface area (Å²) >= 11 is 0. The summed E-state index contributed by atoms with van der Waals surface area (Å²) < 4.78 is 5.35. The highest BCUT2D eigenvalue weighted by Crippen LogP contribution is 2.44. The summed E-state index contributed by atoms with van der Waals surface area (Å²) in [5.41, 5.74) is 3.25. The highest BCUT2D eigenvalue weighted by atomic mass is 16.5. The van der Waals surface area contributed by atoms with Crippen molar-refractivity contribution >= 4 is 17.7 Å². The van der Waals surface area contributed by atoms with Gasteiger partial charge in [-0.05, 0) is 57.4 Å². The fraction of sp³-hybridized carbons (Fsp3) is 0.444. The zero-order chi connectivity index (χ0) is 15.5. The molecule has 1 unspecified atom stereocenters. The van der Waals surface area contributed by atoms with Crippen molar-refractivity contribution in [3.63, 3.8) is 0 Å². The predicted octanol–water partition coefficient (Wildman–Crippen LogP) is 4.37. The van der Waals surface area contributed by atoms with Crippen LogP contribution in [-0.4, -0.2) is 19.1 Å². The Balaban J connectivity index is 2.40. The van der Waals surface area contributed by atoms with Crippen LogP contribution in [0.5, 0.6) is 5.75 Å². The Kier molecular flexibility index (Phi) is 4.61. The van der Waals surface area contributed by atoms with Crippen LogP contribution >= 0.6 is 0 Å². The van der Waals surface area contributed by atoms with Crippen molar-refractivity contribution in [2.45, 2.75) is 45.4 Å². The largest absolute Gasteiger partial charge is 0.497 e. The number of aliphatic imine (C=N–C) groups is 1. The lowest BCUT2D eigenvalue weighted by Crippen LogP contribution is -2.26. The molecule has 112 valence electrons. The number of rotatable bonds is 6. The van der Waals surface area contributed by atoms with Crippen LogP contribution in [-0.2, 0) is 10.2 Å². The fourth-order valence-corrected chi connectivity index (χ4v) is 2.67. The number of carbonyl (C=O) groups excluding carboxylic acids is 1. The van der Waals surface area contributed by atoms with Gasteiger partial charge in [0.2, 0.25) is 0 Å². The first kappa shape index (κ1) is 15.5. The van der Waals surface area contributed by atoms with Crippen LogP contribution in [0.15, 0.2) is 34.8 Å². The van der Waals surface area contributed by atoms with E-state index in [0.29, 0.717) is 6.42 Å². The number of nitrogens with zero attached hydrogens (tertiary/aromatic N) is 1. The van der Waals surface area contributed by atoms with Crippen molar-refractivity contribution in [1.29, 1.82) is 0 Å². The molecule has 0 aliphatic carbocycles. The molecule has 0 aromatic heterocycles. The van der Waals surface area contributed by atoms with Gasteiger partial charge in [0, 0.05) is 18.1 Å². The first-order valence-corrected chi connectivity index (χ1v) is 7.33. The lowest BCUT2D eigenvalue weighted by Gasteiger charge is -2.27. The van der Waals surface area contributed by atoms with Crippen LogP contribution in [0.3, 0.4) is 0 Å². The average Bonchev–Trinajstić information content (AvgIpc) is 2.81. The smallest absolute Gasteiger partial charge is 0.129 e. The molecule has 3 nitrogen and oxygen atoms in total. The monoisotopic (exact) mass is 285 g/mol. The van der Waals surface area contributed by atoms with E-state index in [-0.39, 0.29) is 11.2 Å². The Bertz CT molecular complexity index is 597. The molecular weight excluding hydrogens is 262 g/mol. The number of carbonyl (C=O) groups is 1. The number of allylic oxidation sites excluding steroid dienone is 2. The summed E-state index contributed by atoms with van der Waals surface area (Å²) in [5.74, 6) is 1.06. The van der Waals surface area contributed by atoms with Gasteiger partial charge in [-0.25, -0.2) is 0 Å². The standard InChI is InChI=1S/C18H23NO2/c1-13(2)7-9-18(10-8-14(3)20)12-19-17-6-5-15(21-4)11-16(17)18/h5-7,11-12H,8-10H2,1-4H3. The molecule has 21 heavy (non-hydrogen) atoms. The summed E-state index contributed by atoms with van der Waals surface area (Å²) in [7, 11) is 1.67. The quantitative estimate of drug-likeness (QED) is 0.728. The normalized spacial score (nSPS) is 19.2. The zero-order valence-corrected chi connectivity index (χ0v) is 13.3. The Labute approximate surface area is 126 Å². The molecule has 0 spiro atoms. The minimum absolute atomic E-state index is 0.188. The van der Waals surface area contributed by atoms with E-state index in [2.05, 4.69) is 31.0 Å². The first-order chi connectivity index (χ1) is 9.97. The maximum Gasteiger partial charge on any atom is 0.129 e. The van der Waals surface area contributed by atoms with Crippen molar-refractivity contribution in [1.82, 2.24) is 0 Å². The third-order valence-electron chi connectivity index (χ3n) is 3.99. The molecule has 2 rings (SSSR count). The van der Waals surface area contributed by atoms with E-state index in [4.69, 9.17) is 4.74 Å². The molecule has 0 saturated carbocycles. The predicted molar refractivity (Wildman–Crippen MR) is 86.8 cm³/mol. The van der Waals surface area contributed by atoms with Crippen LogP contribution < -0.4 is 4.74 Å². The number of hydrogen-bond donors (Lipinski definition) is 0. The number of ketones is 1. The molecule has 1 aromatic carbocycles. The molecule has 0 radical (unpaired) electrons. The molecule has 0 bridgehead atoms. The summed E-state index contributed by atoms with van der Waals surface area (Å²) in [6.45, 7) is 5.84. The van der Waals surface area contributed by atoms with Crippen LogP contribution in [0.25, 0.3) is 0 Å². The van der Waals surface area contributed by atoms with Gasteiger partial charge in [-0.3, -0.25) is 4.99 Å². The summed E-state index contributed by atoms with van der Waals surface area (Å²) in [5, 5.41) is 0. The molecule has 0 saturated heterocycles. The van der Waals surface area contributed by atoms with Gasteiger partial charge in [0.25, 0.3) is 0 Å². The molecule has 0 fully saturated rings. The molecular formula is C18H23NO2. The minimum atomic E-state index is -0.188. The van der Waals surface area contributed by atoms with Gasteiger partial charge in [-0.1, -0.05) is 11.6 Å². The number of Topliss-reactive ketones (excluding diaryl/α,β-unsaturated/α-hetero) is 1. The molecule has 3 heteroatoms. The lowest BCUT2D eigenvalue weighted by molar-refractivity contribution is -0.117. The minimum Gasteiger partial charge on any atom is -0.497 e. The van der Waals surface area contributed by atoms with Gasteiger partial charge in [0.05, 0.1) is 12.8 Å². The van der Waals surface area contributed by atoms with E-state index < -0.39 is 0 Å². The number of ether oxygens (including phenoxy) is 1. The topological polar surface area (TPSA) is 38.7 Å².